The maximum absolute atomic E-state index is 6.07. The van der Waals surface area contributed by atoms with Crippen LogP contribution in [0.25, 0.3) is 0 Å². The van der Waals surface area contributed by atoms with Gasteiger partial charge in [0.05, 0.1) is 0 Å². The normalized spacial score (nSPS) is 15.3. The second kappa shape index (κ2) is 5.04. The molecule has 2 rings (SSSR count). The molecule has 78 valence electrons. The minimum atomic E-state index is 0.799. The zero-order chi connectivity index (χ0) is 10.5. The Morgan fingerprint density at radius 2 is 1.93 bits per heavy atom. The van der Waals surface area contributed by atoms with Gasteiger partial charge in [-0.05, 0) is 24.0 Å². The zero-order valence-corrected chi connectivity index (χ0v) is 9.30. The standard InChI is InChI=1S/C13H14ClN/c14-13-12(7-4-10-15-13)9-8-11-5-2-1-3-6-11/h1-7,15H,8-10H2. The Morgan fingerprint density at radius 1 is 1.13 bits per heavy atom. The molecule has 0 atom stereocenters. The molecule has 1 aromatic rings. The van der Waals surface area contributed by atoms with E-state index in [0.717, 1.165) is 24.5 Å². The van der Waals surface area contributed by atoms with Crippen LogP contribution in [0.5, 0.6) is 0 Å². The van der Waals surface area contributed by atoms with E-state index in [2.05, 4.69) is 41.7 Å². The van der Waals surface area contributed by atoms with E-state index >= 15 is 0 Å². The maximum atomic E-state index is 6.07. The summed E-state index contributed by atoms with van der Waals surface area (Å²) >= 11 is 6.07. The molecule has 1 aliphatic heterocycles. The van der Waals surface area contributed by atoms with Crippen LogP contribution in [-0.2, 0) is 6.42 Å². The van der Waals surface area contributed by atoms with Gasteiger partial charge in [-0.2, -0.15) is 0 Å². The van der Waals surface area contributed by atoms with Crippen molar-refractivity contribution in [1.82, 2.24) is 5.32 Å². The largest absolute Gasteiger partial charge is 0.372 e. The molecule has 0 saturated heterocycles. The van der Waals surface area contributed by atoms with E-state index in [0.29, 0.717) is 0 Å². The number of nitrogens with one attached hydrogen (secondary N) is 1. The fraction of sp³-hybridized carbons (Fsp3) is 0.231. The number of rotatable bonds is 3. The Kier molecular flexibility index (Phi) is 3.46. The molecule has 15 heavy (non-hydrogen) atoms. The van der Waals surface area contributed by atoms with Crippen LogP contribution in [0.2, 0.25) is 0 Å². The highest BCUT2D eigenvalue weighted by molar-refractivity contribution is 6.29. The van der Waals surface area contributed by atoms with Gasteiger partial charge in [-0.3, -0.25) is 0 Å². The molecular formula is C13H14ClN. The van der Waals surface area contributed by atoms with Crippen LogP contribution in [0.3, 0.4) is 0 Å². The van der Waals surface area contributed by atoms with Gasteiger partial charge in [0.15, 0.2) is 0 Å². The summed E-state index contributed by atoms with van der Waals surface area (Å²) in [7, 11) is 0. The first-order chi connectivity index (χ1) is 7.36. The van der Waals surface area contributed by atoms with Gasteiger partial charge in [-0.25, -0.2) is 0 Å². The Hall–Kier alpha value is -1.21. The second-order valence-corrected chi connectivity index (χ2v) is 3.99. The molecule has 0 saturated carbocycles. The van der Waals surface area contributed by atoms with Crippen molar-refractivity contribution in [3.05, 3.63) is 58.8 Å². The lowest BCUT2D eigenvalue weighted by Crippen LogP contribution is -2.14. The minimum absolute atomic E-state index is 0.799. The number of aryl methyl sites for hydroxylation is 1. The van der Waals surface area contributed by atoms with Crippen LogP contribution in [0.15, 0.2) is 53.2 Å². The van der Waals surface area contributed by atoms with E-state index in [4.69, 9.17) is 11.6 Å². The Balaban J connectivity index is 1.96. The van der Waals surface area contributed by atoms with Gasteiger partial charge in [0.1, 0.15) is 5.16 Å². The highest BCUT2D eigenvalue weighted by Gasteiger charge is 2.04. The first kappa shape index (κ1) is 10.3. The van der Waals surface area contributed by atoms with Gasteiger partial charge in [0, 0.05) is 6.54 Å². The van der Waals surface area contributed by atoms with Gasteiger partial charge in [0.25, 0.3) is 0 Å². The zero-order valence-electron chi connectivity index (χ0n) is 8.54. The second-order valence-electron chi connectivity index (χ2n) is 3.61. The third kappa shape index (κ3) is 2.87. The van der Waals surface area contributed by atoms with Gasteiger partial charge in [0.2, 0.25) is 0 Å². The van der Waals surface area contributed by atoms with E-state index in [-0.39, 0.29) is 0 Å². The number of halogens is 1. The lowest BCUT2D eigenvalue weighted by Gasteiger charge is -2.12. The van der Waals surface area contributed by atoms with Crippen LogP contribution >= 0.6 is 11.6 Å². The highest BCUT2D eigenvalue weighted by Crippen LogP contribution is 2.17. The van der Waals surface area contributed by atoms with Crippen molar-refractivity contribution in [2.45, 2.75) is 12.8 Å². The molecule has 1 aliphatic rings. The molecule has 1 heterocycles. The molecular weight excluding hydrogens is 206 g/mol. The molecule has 2 heteroatoms. The molecule has 0 unspecified atom stereocenters. The number of allylic oxidation sites excluding steroid dienone is 2. The SMILES string of the molecule is ClC1=C(CCc2ccccc2)C=CCN1. The average molecular weight is 220 g/mol. The third-order valence-corrected chi connectivity index (χ3v) is 2.88. The molecule has 0 spiro atoms. The predicted molar refractivity (Wildman–Crippen MR) is 64.8 cm³/mol. The first-order valence-corrected chi connectivity index (χ1v) is 5.57. The fourth-order valence-corrected chi connectivity index (χ4v) is 1.89. The van der Waals surface area contributed by atoms with Crippen LogP contribution in [0.1, 0.15) is 12.0 Å². The number of benzene rings is 1. The lowest BCUT2D eigenvalue weighted by atomic mass is 10.0. The monoisotopic (exact) mass is 219 g/mol. The topological polar surface area (TPSA) is 12.0 Å². The predicted octanol–water partition coefficient (Wildman–Crippen LogP) is 3.23. The molecule has 0 aliphatic carbocycles. The first-order valence-electron chi connectivity index (χ1n) is 5.19. The van der Waals surface area contributed by atoms with Crippen molar-refractivity contribution < 1.29 is 0 Å². The molecule has 1 aromatic carbocycles. The van der Waals surface area contributed by atoms with E-state index in [1.165, 1.54) is 11.1 Å². The van der Waals surface area contributed by atoms with Crippen molar-refractivity contribution in [1.29, 1.82) is 0 Å². The molecule has 1 nitrogen and oxygen atoms in total. The quantitative estimate of drug-likeness (QED) is 0.770. The average Bonchev–Trinajstić information content (AvgIpc) is 2.29. The molecule has 0 bridgehead atoms. The Bertz CT molecular complexity index is 379. The highest BCUT2D eigenvalue weighted by atomic mass is 35.5. The van der Waals surface area contributed by atoms with Crippen molar-refractivity contribution in [2.24, 2.45) is 0 Å². The maximum Gasteiger partial charge on any atom is 0.105 e. The number of hydrogen-bond donors (Lipinski definition) is 1. The molecule has 0 radical (unpaired) electrons. The van der Waals surface area contributed by atoms with E-state index in [1.54, 1.807) is 0 Å². The van der Waals surface area contributed by atoms with Crippen molar-refractivity contribution >= 4 is 11.6 Å². The number of hydrogen-bond acceptors (Lipinski definition) is 1. The lowest BCUT2D eigenvalue weighted by molar-refractivity contribution is 0.877. The molecule has 0 amide bonds. The summed E-state index contributed by atoms with van der Waals surface area (Å²) < 4.78 is 0. The van der Waals surface area contributed by atoms with Crippen LogP contribution < -0.4 is 5.32 Å². The summed E-state index contributed by atoms with van der Waals surface area (Å²) in [5.41, 5.74) is 2.56. The van der Waals surface area contributed by atoms with Gasteiger partial charge in [-0.1, -0.05) is 54.1 Å². The van der Waals surface area contributed by atoms with Crippen LogP contribution in [0.4, 0.5) is 0 Å². The van der Waals surface area contributed by atoms with Gasteiger partial charge >= 0.3 is 0 Å². The minimum Gasteiger partial charge on any atom is -0.372 e. The van der Waals surface area contributed by atoms with Crippen LogP contribution in [-0.4, -0.2) is 6.54 Å². The van der Waals surface area contributed by atoms with Crippen molar-refractivity contribution in [3.8, 4) is 0 Å². The molecule has 1 N–H and O–H groups in total. The Morgan fingerprint density at radius 3 is 2.67 bits per heavy atom. The number of dihydropyridines is 1. The Labute approximate surface area is 95.5 Å². The summed E-state index contributed by atoms with van der Waals surface area (Å²) in [6, 6.07) is 10.5. The summed E-state index contributed by atoms with van der Waals surface area (Å²) in [6.07, 6.45) is 6.25. The van der Waals surface area contributed by atoms with Crippen molar-refractivity contribution in [3.63, 3.8) is 0 Å². The van der Waals surface area contributed by atoms with Gasteiger partial charge < -0.3 is 5.32 Å². The van der Waals surface area contributed by atoms with Crippen molar-refractivity contribution in [2.75, 3.05) is 6.54 Å². The fourth-order valence-electron chi connectivity index (χ4n) is 1.65. The summed E-state index contributed by atoms with van der Waals surface area (Å²) in [4.78, 5) is 0. The van der Waals surface area contributed by atoms with E-state index in [9.17, 15) is 0 Å². The van der Waals surface area contributed by atoms with Crippen LogP contribution in [0, 0.1) is 0 Å². The third-order valence-electron chi connectivity index (χ3n) is 2.50. The summed E-state index contributed by atoms with van der Waals surface area (Å²) in [5.74, 6) is 0. The van der Waals surface area contributed by atoms with Gasteiger partial charge in [-0.15, -0.1) is 0 Å². The summed E-state index contributed by atoms with van der Waals surface area (Å²) in [6.45, 7) is 0.841. The van der Waals surface area contributed by atoms with E-state index < -0.39 is 0 Å². The molecule has 0 aromatic heterocycles. The smallest absolute Gasteiger partial charge is 0.105 e. The van der Waals surface area contributed by atoms with E-state index in [1.807, 2.05) is 6.07 Å². The molecule has 0 fully saturated rings. The summed E-state index contributed by atoms with van der Waals surface area (Å²) in [5, 5.41) is 3.93.